The fourth-order valence-corrected chi connectivity index (χ4v) is 2.87. The van der Waals surface area contributed by atoms with Crippen molar-refractivity contribution in [3.05, 3.63) is 0 Å². The van der Waals surface area contributed by atoms with Crippen molar-refractivity contribution < 1.29 is 9.90 Å². The first-order valence-electron chi connectivity index (χ1n) is 8.19. The van der Waals surface area contributed by atoms with Gasteiger partial charge in [-0.2, -0.15) is 0 Å². The van der Waals surface area contributed by atoms with Gasteiger partial charge in [0.25, 0.3) is 0 Å². The van der Waals surface area contributed by atoms with Crippen LogP contribution in [-0.2, 0) is 4.79 Å². The van der Waals surface area contributed by atoms with Crippen molar-refractivity contribution >= 4 is 5.97 Å². The Morgan fingerprint density at radius 2 is 1.53 bits per heavy atom. The fraction of sp³-hybridized carbons (Fsp3) is 0.938. The third-order valence-corrected chi connectivity index (χ3v) is 4.26. The van der Waals surface area contributed by atoms with Crippen LogP contribution in [0.15, 0.2) is 0 Å². The van der Waals surface area contributed by atoms with Gasteiger partial charge in [-0.1, -0.05) is 51.9 Å². The Hall–Kier alpha value is -0.570. The standard InChI is InChI=1S/C16H31NO2/c1-2-3-4-5-6-7-8-9-12-17-13-10-15(11-14-17)16(18)19/h15H,2-14H2,1H3,(H,18,19). The number of nitrogens with zero attached hydrogens (tertiary/aromatic N) is 1. The number of carbonyl (C=O) groups is 1. The molecule has 0 unspecified atom stereocenters. The minimum Gasteiger partial charge on any atom is -0.481 e. The van der Waals surface area contributed by atoms with E-state index >= 15 is 0 Å². The number of piperidine rings is 1. The number of aliphatic carboxylic acids is 1. The SMILES string of the molecule is CCCCCCCCCCN1CCC(C(=O)O)CC1. The first-order valence-corrected chi connectivity index (χ1v) is 8.19. The van der Waals surface area contributed by atoms with Crippen LogP contribution in [-0.4, -0.2) is 35.6 Å². The molecular formula is C16H31NO2. The Kier molecular flexibility index (Phi) is 8.89. The summed E-state index contributed by atoms with van der Waals surface area (Å²) in [4.78, 5) is 13.3. The van der Waals surface area contributed by atoms with Crippen LogP contribution in [0, 0.1) is 5.92 Å². The summed E-state index contributed by atoms with van der Waals surface area (Å²) in [6, 6.07) is 0. The number of carboxylic acid groups (broad SMARTS) is 1. The number of unbranched alkanes of at least 4 members (excludes halogenated alkanes) is 7. The Morgan fingerprint density at radius 1 is 1.00 bits per heavy atom. The molecule has 1 aliphatic heterocycles. The van der Waals surface area contributed by atoms with E-state index in [2.05, 4.69) is 11.8 Å². The Balaban J connectivity index is 1.89. The summed E-state index contributed by atoms with van der Waals surface area (Å²) in [5.41, 5.74) is 0. The van der Waals surface area contributed by atoms with Crippen molar-refractivity contribution in [2.24, 2.45) is 5.92 Å². The predicted octanol–water partition coefficient (Wildman–Crippen LogP) is 3.92. The van der Waals surface area contributed by atoms with E-state index in [9.17, 15) is 4.79 Å². The van der Waals surface area contributed by atoms with E-state index in [4.69, 9.17) is 5.11 Å². The highest BCUT2D eigenvalue weighted by molar-refractivity contribution is 5.70. The molecule has 112 valence electrons. The summed E-state index contributed by atoms with van der Waals surface area (Å²) in [7, 11) is 0. The van der Waals surface area contributed by atoms with Gasteiger partial charge in [0.15, 0.2) is 0 Å². The van der Waals surface area contributed by atoms with E-state index in [0.717, 1.165) is 25.9 Å². The quantitative estimate of drug-likeness (QED) is 0.611. The lowest BCUT2D eigenvalue weighted by molar-refractivity contribution is -0.143. The number of likely N-dealkylation sites (tertiary alicyclic amines) is 1. The molecular weight excluding hydrogens is 238 g/mol. The number of carboxylic acids is 1. The summed E-state index contributed by atoms with van der Waals surface area (Å²) in [6.07, 6.45) is 12.6. The van der Waals surface area contributed by atoms with Crippen LogP contribution in [0.1, 0.15) is 71.1 Å². The predicted molar refractivity (Wildman–Crippen MR) is 79.4 cm³/mol. The van der Waals surface area contributed by atoms with Gasteiger partial charge in [-0.25, -0.2) is 0 Å². The van der Waals surface area contributed by atoms with Gasteiger partial charge in [0, 0.05) is 0 Å². The van der Waals surface area contributed by atoms with Gasteiger partial charge in [0.05, 0.1) is 5.92 Å². The molecule has 0 radical (unpaired) electrons. The lowest BCUT2D eigenvalue weighted by Crippen LogP contribution is -2.36. The molecule has 1 saturated heterocycles. The van der Waals surface area contributed by atoms with Crippen molar-refractivity contribution in [2.75, 3.05) is 19.6 Å². The van der Waals surface area contributed by atoms with E-state index in [-0.39, 0.29) is 5.92 Å². The summed E-state index contributed by atoms with van der Waals surface area (Å²) in [6.45, 7) is 5.38. The zero-order valence-electron chi connectivity index (χ0n) is 12.6. The van der Waals surface area contributed by atoms with Crippen molar-refractivity contribution in [2.45, 2.75) is 71.1 Å². The summed E-state index contributed by atoms with van der Waals surface area (Å²) in [5, 5.41) is 8.94. The Bertz CT molecular complexity index is 235. The smallest absolute Gasteiger partial charge is 0.306 e. The minimum atomic E-state index is -0.605. The zero-order valence-corrected chi connectivity index (χ0v) is 12.6. The largest absolute Gasteiger partial charge is 0.481 e. The molecule has 19 heavy (non-hydrogen) atoms. The topological polar surface area (TPSA) is 40.5 Å². The van der Waals surface area contributed by atoms with Crippen molar-refractivity contribution in [1.29, 1.82) is 0 Å². The molecule has 1 fully saturated rings. The second kappa shape index (κ2) is 10.2. The first kappa shape index (κ1) is 16.5. The number of hydrogen-bond acceptors (Lipinski definition) is 2. The third-order valence-electron chi connectivity index (χ3n) is 4.26. The molecule has 1 heterocycles. The number of rotatable bonds is 10. The average molecular weight is 269 g/mol. The van der Waals surface area contributed by atoms with E-state index in [1.54, 1.807) is 0 Å². The fourth-order valence-electron chi connectivity index (χ4n) is 2.87. The van der Waals surface area contributed by atoms with Crippen molar-refractivity contribution in [1.82, 2.24) is 4.90 Å². The van der Waals surface area contributed by atoms with Gasteiger partial charge < -0.3 is 10.0 Å². The molecule has 0 aromatic carbocycles. The molecule has 0 aromatic heterocycles. The molecule has 1 N–H and O–H groups in total. The van der Waals surface area contributed by atoms with Crippen molar-refractivity contribution in [3.63, 3.8) is 0 Å². The van der Waals surface area contributed by atoms with Gasteiger partial charge >= 0.3 is 5.97 Å². The molecule has 1 aliphatic rings. The van der Waals surface area contributed by atoms with Gasteiger partial charge in [0.1, 0.15) is 0 Å². The molecule has 0 saturated carbocycles. The van der Waals surface area contributed by atoms with E-state index < -0.39 is 5.97 Å². The van der Waals surface area contributed by atoms with Crippen molar-refractivity contribution in [3.8, 4) is 0 Å². The molecule has 0 aromatic rings. The summed E-state index contributed by atoms with van der Waals surface area (Å²) >= 11 is 0. The normalized spacial score (nSPS) is 17.7. The van der Waals surface area contributed by atoms with Gasteiger partial charge in [-0.05, 0) is 38.9 Å². The maximum absolute atomic E-state index is 10.8. The van der Waals surface area contributed by atoms with E-state index in [0.29, 0.717) is 0 Å². The number of hydrogen-bond donors (Lipinski definition) is 1. The van der Waals surface area contributed by atoms with Crippen LogP contribution in [0.5, 0.6) is 0 Å². The first-order chi connectivity index (χ1) is 9.24. The van der Waals surface area contributed by atoms with E-state index in [1.165, 1.54) is 57.9 Å². The molecule has 3 heteroatoms. The molecule has 3 nitrogen and oxygen atoms in total. The molecule has 1 rings (SSSR count). The second-order valence-corrected chi connectivity index (χ2v) is 5.93. The molecule has 0 amide bonds. The van der Waals surface area contributed by atoms with Crippen LogP contribution in [0.25, 0.3) is 0 Å². The maximum Gasteiger partial charge on any atom is 0.306 e. The highest BCUT2D eigenvalue weighted by atomic mass is 16.4. The highest BCUT2D eigenvalue weighted by Gasteiger charge is 2.23. The summed E-state index contributed by atoms with van der Waals surface area (Å²) < 4.78 is 0. The molecule has 0 bridgehead atoms. The van der Waals surface area contributed by atoms with Crippen LogP contribution in [0.3, 0.4) is 0 Å². The highest BCUT2D eigenvalue weighted by Crippen LogP contribution is 2.18. The lowest BCUT2D eigenvalue weighted by atomic mass is 9.97. The second-order valence-electron chi connectivity index (χ2n) is 5.93. The summed E-state index contributed by atoms with van der Waals surface area (Å²) in [5.74, 6) is -0.693. The molecule has 0 aliphatic carbocycles. The van der Waals surface area contributed by atoms with Gasteiger partial charge in [-0.15, -0.1) is 0 Å². The molecule has 0 atom stereocenters. The van der Waals surface area contributed by atoms with Gasteiger partial charge in [0.2, 0.25) is 0 Å². The van der Waals surface area contributed by atoms with Crippen LogP contribution >= 0.6 is 0 Å². The third kappa shape index (κ3) is 7.56. The Labute approximate surface area is 118 Å². The zero-order chi connectivity index (χ0) is 13.9. The van der Waals surface area contributed by atoms with Gasteiger partial charge in [-0.3, -0.25) is 4.79 Å². The average Bonchev–Trinajstić information content (AvgIpc) is 2.42. The molecule has 0 spiro atoms. The van der Waals surface area contributed by atoms with Crippen LogP contribution in [0.4, 0.5) is 0 Å². The monoisotopic (exact) mass is 269 g/mol. The van der Waals surface area contributed by atoms with Crippen LogP contribution in [0.2, 0.25) is 0 Å². The van der Waals surface area contributed by atoms with E-state index in [1.807, 2.05) is 0 Å². The van der Waals surface area contributed by atoms with Crippen LogP contribution < -0.4 is 0 Å². The minimum absolute atomic E-state index is 0.0881. The lowest BCUT2D eigenvalue weighted by Gasteiger charge is -2.29. The maximum atomic E-state index is 10.8. The Morgan fingerprint density at radius 3 is 2.05 bits per heavy atom.